The van der Waals surface area contributed by atoms with Gasteiger partial charge in [-0.15, -0.1) is 0 Å². The third kappa shape index (κ3) is 4.13. The average molecular weight is 572 g/mol. The van der Waals surface area contributed by atoms with Crippen LogP contribution in [0.1, 0.15) is 70.3 Å². The monoisotopic (exact) mass is 571 g/mol. The summed E-state index contributed by atoms with van der Waals surface area (Å²) < 4.78 is 0. The summed E-state index contributed by atoms with van der Waals surface area (Å²) in [6, 6.07) is 18.5. The second-order valence-electron chi connectivity index (χ2n) is 12.2. The van der Waals surface area contributed by atoms with Gasteiger partial charge in [0.2, 0.25) is 0 Å². The normalized spacial score (nSPS) is 16.6. The molecule has 6 rings (SSSR count). The van der Waals surface area contributed by atoms with Gasteiger partial charge in [0.1, 0.15) is 17.3 Å². The fourth-order valence-corrected chi connectivity index (χ4v) is 7.25. The van der Waals surface area contributed by atoms with Crippen molar-refractivity contribution >= 4 is 27.4 Å². The summed E-state index contributed by atoms with van der Waals surface area (Å²) >= 11 is 0. The lowest BCUT2D eigenvalue weighted by Crippen LogP contribution is -2.44. The van der Waals surface area contributed by atoms with Crippen molar-refractivity contribution in [3.63, 3.8) is 0 Å². The smallest absolute Gasteiger partial charge is 0.180 e. The van der Waals surface area contributed by atoms with Crippen LogP contribution in [0.25, 0.3) is 32.7 Å². The molecule has 0 saturated heterocycles. The van der Waals surface area contributed by atoms with Crippen LogP contribution in [0.3, 0.4) is 0 Å². The Hall–Kier alpha value is -4.35. The summed E-state index contributed by atoms with van der Waals surface area (Å²) in [6.07, 6.45) is 1.99. The molecule has 4 N–H and O–H groups in total. The molecule has 1 aliphatic rings. The topological polar surface area (TPSA) is 76.9 Å². The molecule has 5 aromatic carbocycles. The van der Waals surface area contributed by atoms with Gasteiger partial charge in [-0.05, 0) is 116 Å². The Balaban J connectivity index is 1.78. The number of nitrogens with zero attached hydrogens (tertiary/aromatic N) is 1. The predicted molar refractivity (Wildman–Crippen MR) is 179 cm³/mol. The number of aliphatic imine (C=N–C) groups is 1. The van der Waals surface area contributed by atoms with E-state index >= 15 is 0 Å². The molecule has 1 unspecified atom stereocenters. The van der Waals surface area contributed by atoms with Crippen LogP contribution in [-0.4, -0.2) is 16.0 Å². The van der Waals surface area contributed by atoms with E-state index in [0.29, 0.717) is 0 Å². The quantitative estimate of drug-likeness (QED) is 0.159. The molecule has 1 atom stereocenters. The molecule has 1 aliphatic heterocycles. The van der Waals surface area contributed by atoms with E-state index in [1.54, 1.807) is 0 Å². The zero-order valence-electron chi connectivity index (χ0n) is 26.5. The first-order valence-corrected chi connectivity index (χ1v) is 15.2. The average Bonchev–Trinajstić information content (AvgIpc) is 3.42. The Morgan fingerprint density at radius 1 is 0.651 bits per heavy atom. The molecule has 0 saturated carbocycles. The summed E-state index contributed by atoms with van der Waals surface area (Å²) in [7, 11) is 0. The molecule has 0 amide bonds. The first kappa shape index (κ1) is 28.8. The SMILES string of the molecule is CCCc1c(C)c(C)c2c(c1C)c(O)c(-c1cccc(C3(c4ccccc4)N=C(C)NN3)c1)c1c(C)c(O)c(C)c(C)c12. The van der Waals surface area contributed by atoms with Crippen molar-refractivity contribution in [3.8, 4) is 22.6 Å². The van der Waals surface area contributed by atoms with Gasteiger partial charge < -0.3 is 15.6 Å². The molecule has 0 spiro atoms. The highest BCUT2D eigenvalue weighted by Crippen LogP contribution is 2.51. The van der Waals surface area contributed by atoms with E-state index in [1.807, 2.05) is 45.0 Å². The van der Waals surface area contributed by atoms with E-state index in [0.717, 1.165) is 84.7 Å². The minimum absolute atomic E-state index is 0.259. The molecule has 0 fully saturated rings. The number of phenols is 2. The molecular weight excluding hydrogens is 530 g/mol. The van der Waals surface area contributed by atoms with Gasteiger partial charge in [0.25, 0.3) is 0 Å². The summed E-state index contributed by atoms with van der Waals surface area (Å²) in [5.41, 5.74) is 17.0. The number of hydrogen-bond donors (Lipinski definition) is 4. The van der Waals surface area contributed by atoms with Gasteiger partial charge in [-0.25, -0.2) is 10.4 Å². The molecular formula is C38H41N3O2. The van der Waals surface area contributed by atoms with Crippen LogP contribution >= 0.6 is 0 Å². The molecule has 0 bridgehead atoms. The third-order valence-electron chi connectivity index (χ3n) is 9.73. The number of fused-ring (bicyclic) bond motifs is 3. The maximum atomic E-state index is 12.4. The number of hydrogen-bond acceptors (Lipinski definition) is 5. The number of aromatic hydroxyl groups is 2. The first-order chi connectivity index (χ1) is 20.5. The molecule has 5 nitrogen and oxygen atoms in total. The van der Waals surface area contributed by atoms with Crippen molar-refractivity contribution in [2.75, 3.05) is 0 Å². The molecule has 220 valence electrons. The lowest BCUT2D eigenvalue weighted by Gasteiger charge is -2.28. The summed E-state index contributed by atoms with van der Waals surface area (Å²) in [5, 5.41) is 27.7. The second-order valence-corrected chi connectivity index (χ2v) is 12.2. The zero-order chi connectivity index (χ0) is 30.8. The van der Waals surface area contributed by atoms with Crippen molar-refractivity contribution in [1.29, 1.82) is 0 Å². The van der Waals surface area contributed by atoms with Gasteiger partial charge in [-0.1, -0.05) is 61.9 Å². The Morgan fingerprint density at radius 2 is 1.30 bits per heavy atom. The summed E-state index contributed by atoms with van der Waals surface area (Å²) in [6.45, 7) is 16.7. The maximum absolute atomic E-state index is 12.4. The predicted octanol–water partition coefficient (Wildman–Crippen LogP) is 8.60. The Labute approximate surface area is 254 Å². The van der Waals surface area contributed by atoms with Gasteiger partial charge in [0.05, 0.1) is 0 Å². The highest BCUT2D eigenvalue weighted by Gasteiger charge is 2.38. The lowest BCUT2D eigenvalue weighted by atomic mass is 9.80. The molecule has 0 radical (unpaired) electrons. The van der Waals surface area contributed by atoms with Crippen molar-refractivity contribution in [2.24, 2.45) is 4.99 Å². The largest absolute Gasteiger partial charge is 0.507 e. The number of aryl methyl sites for hydroxylation is 4. The Bertz CT molecular complexity index is 1970. The van der Waals surface area contributed by atoms with Crippen LogP contribution in [0.5, 0.6) is 11.5 Å². The fraction of sp³-hybridized carbons (Fsp3) is 0.289. The Morgan fingerprint density at radius 3 is 1.95 bits per heavy atom. The van der Waals surface area contributed by atoms with Crippen LogP contribution in [0.15, 0.2) is 59.6 Å². The van der Waals surface area contributed by atoms with E-state index in [-0.39, 0.29) is 11.5 Å². The van der Waals surface area contributed by atoms with E-state index in [4.69, 9.17) is 4.99 Å². The van der Waals surface area contributed by atoms with Crippen LogP contribution in [0.4, 0.5) is 0 Å². The van der Waals surface area contributed by atoms with E-state index < -0.39 is 5.66 Å². The maximum Gasteiger partial charge on any atom is 0.180 e. The van der Waals surface area contributed by atoms with Gasteiger partial charge in [-0.2, -0.15) is 0 Å². The van der Waals surface area contributed by atoms with Crippen molar-refractivity contribution < 1.29 is 10.2 Å². The molecule has 0 aliphatic carbocycles. The highest BCUT2D eigenvalue weighted by molar-refractivity contribution is 6.22. The summed E-state index contributed by atoms with van der Waals surface area (Å²) in [5.74, 6) is 1.33. The number of benzene rings is 5. The van der Waals surface area contributed by atoms with Crippen LogP contribution in [0, 0.1) is 41.5 Å². The Kier molecular flexibility index (Phi) is 6.97. The number of rotatable bonds is 5. The number of hydrazine groups is 1. The molecule has 0 aromatic heterocycles. The van der Waals surface area contributed by atoms with Gasteiger partial charge in [-0.3, -0.25) is 0 Å². The van der Waals surface area contributed by atoms with E-state index in [9.17, 15) is 10.2 Å². The van der Waals surface area contributed by atoms with Gasteiger partial charge in [0.15, 0.2) is 5.66 Å². The van der Waals surface area contributed by atoms with Crippen molar-refractivity contribution in [3.05, 3.63) is 105 Å². The standard InChI is InChI=1S/C38H41N3O2/c1-9-14-30-20(2)21(3)32-31-22(4)23(5)36(42)25(7)33(31)35(37(43)34(32)24(30)6)27-15-13-18-29(19-27)38(39-26(8)40-41-38)28-16-11-10-12-17-28/h10-13,15-19,41-43H,9,14H2,1-8H3,(H,39,40). The van der Waals surface area contributed by atoms with Gasteiger partial charge in [0, 0.05) is 27.5 Å². The van der Waals surface area contributed by atoms with E-state index in [2.05, 4.69) is 75.8 Å². The molecule has 43 heavy (non-hydrogen) atoms. The minimum Gasteiger partial charge on any atom is -0.507 e. The van der Waals surface area contributed by atoms with Crippen LogP contribution in [-0.2, 0) is 12.1 Å². The fourth-order valence-electron chi connectivity index (χ4n) is 7.25. The van der Waals surface area contributed by atoms with Crippen LogP contribution < -0.4 is 10.9 Å². The van der Waals surface area contributed by atoms with Gasteiger partial charge >= 0.3 is 0 Å². The van der Waals surface area contributed by atoms with Crippen LogP contribution in [0.2, 0.25) is 0 Å². The van der Waals surface area contributed by atoms with Crippen molar-refractivity contribution in [1.82, 2.24) is 10.9 Å². The van der Waals surface area contributed by atoms with E-state index in [1.165, 1.54) is 16.7 Å². The number of amidine groups is 1. The molecule has 1 heterocycles. The highest BCUT2D eigenvalue weighted by atomic mass is 16.3. The second kappa shape index (κ2) is 10.4. The van der Waals surface area contributed by atoms with Crippen molar-refractivity contribution in [2.45, 2.75) is 73.9 Å². The number of phenolic OH excluding ortho intramolecular Hbond substituents is 2. The lowest BCUT2D eigenvalue weighted by molar-refractivity contribution is 0.434. The minimum atomic E-state index is -0.828. The number of nitrogens with one attached hydrogen (secondary N) is 2. The first-order valence-electron chi connectivity index (χ1n) is 15.2. The third-order valence-corrected chi connectivity index (χ3v) is 9.73. The summed E-state index contributed by atoms with van der Waals surface area (Å²) in [4.78, 5) is 5.05. The molecule has 5 aromatic rings. The molecule has 5 heteroatoms. The zero-order valence-corrected chi connectivity index (χ0v) is 26.5.